The minimum absolute atomic E-state index is 0.00104. The smallest absolute Gasteiger partial charge is 0.316 e. The van der Waals surface area contributed by atoms with Gasteiger partial charge in [0.25, 0.3) is 0 Å². The van der Waals surface area contributed by atoms with Gasteiger partial charge in [-0.3, -0.25) is 9.59 Å². The summed E-state index contributed by atoms with van der Waals surface area (Å²) >= 11 is 0. The summed E-state index contributed by atoms with van der Waals surface area (Å²) in [7, 11) is 0. The van der Waals surface area contributed by atoms with Crippen LogP contribution in [0.5, 0.6) is 0 Å². The van der Waals surface area contributed by atoms with Crippen LogP contribution in [0, 0.1) is 34.5 Å². The molecule has 4 bridgehead atoms. The van der Waals surface area contributed by atoms with Crippen LogP contribution in [0.4, 0.5) is 0 Å². The van der Waals surface area contributed by atoms with Crippen LogP contribution < -0.4 is 0 Å². The van der Waals surface area contributed by atoms with Crippen molar-refractivity contribution >= 4 is 11.9 Å². The second-order valence-electron chi connectivity index (χ2n) is 8.72. The van der Waals surface area contributed by atoms with E-state index in [0.29, 0.717) is 12.3 Å². The van der Waals surface area contributed by atoms with E-state index < -0.39 is 46.3 Å². The third kappa shape index (κ3) is 1.25. The van der Waals surface area contributed by atoms with Crippen LogP contribution in [0.15, 0.2) is 24.3 Å². The highest BCUT2D eigenvalue weighted by Gasteiger charge is 2.82. The first-order valence-corrected chi connectivity index (χ1v) is 8.79. The monoisotopic (exact) mass is 330 g/mol. The van der Waals surface area contributed by atoms with Crippen LogP contribution in [0.25, 0.3) is 0 Å². The van der Waals surface area contributed by atoms with Gasteiger partial charge < -0.3 is 14.9 Å². The zero-order chi connectivity index (χ0) is 17.1. The van der Waals surface area contributed by atoms with Gasteiger partial charge in [0.05, 0.1) is 12.0 Å². The van der Waals surface area contributed by atoms with Gasteiger partial charge in [-0.15, -0.1) is 0 Å². The molecule has 8 atom stereocenters. The van der Waals surface area contributed by atoms with E-state index in [4.69, 9.17) is 4.74 Å². The van der Waals surface area contributed by atoms with E-state index in [1.165, 1.54) is 0 Å². The summed E-state index contributed by atoms with van der Waals surface area (Å²) in [5, 5.41) is 20.7. The summed E-state index contributed by atoms with van der Waals surface area (Å²) < 4.78 is 5.92. The normalized spacial score (nSPS) is 56.8. The van der Waals surface area contributed by atoms with Gasteiger partial charge in [0, 0.05) is 11.8 Å². The van der Waals surface area contributed by atoms with Gasteiger partial charge in [0.15, 0.2) is 0 Å². The molecule has 0 amide bonds. The number of hydrogen-bond acceptors (Lipinski definition) is 4. The third-order valence-electron chi connectivity index (χ3n) is 8.02. The molecule has 1 saturated heterocycles. The van der Waals surface area contributed by atoms with E-state index in [2.05, 4.69) is 6.58 Å². The number of carboxylic acids is 1. The molecule has 1 aliphatic heterocycles. The molecule has 1 heterocycles. The maximum absolute atomic E-state index is 12.7. The first-order chi connectivity index (χ1) is 11.3. The van der Waals surface area contributed by atoms with E-state index in [1.54, 1.807) is 13.0 Å². The average molecular weight is 330 g/mol. The Morgan fingerprint density at radius 1 is 1.42 bits per heavy atom. The summed E-state index contributed by atoms with van der Waals surface area (Å²) in [6.07, 6.45) is 5.83. The molecule has 0 aromatic rings. The van der Waals surface area contributed by atoms with E-state index in [0.717, 1.165) is 24.8 Å². The Hall–Kier alpha value is -1.62. The quantitative estimate of drug-likeness (QED) is 0.567. The number of allylic oxidation sites excluding steroid dienone is 1. The summed E-state index contributed by atoms with van der Waals surface area (Å²) in [5.41, 5.74) is -1.30. The van der Waals surface area contributed by atoms with Crippen molar-refractivity contribution in [2.45, 2.75) is 44.3 Å². The Labute approximate surface area is 140 Å². The Bertz CT molecular complexity index is 725. The highest BCUT2D eigenvalue weighted by molar-refractivity contribution is 5.86. The summed E-state index contributed by atoms with van der Waals surface area (Å²) in [6, 6.07) is 0. The van der Waals surface area contributed by atoms with Crippen LogP contribution in [-0.2, 0) is 14.3 Å². The van der Waals surface area contributed by atoms with E-state index in [-0.39, 0.29) is 5.92 Å². The largest absolute Gasteiger partial charge is 0.481 e. The number of fused-ring (bicyclic) bond motifs is 1. The molecule has 0 radical (unpaired) electrons. The number of carboxylic acid groups (broad SMARTS) is 1. The van der Waals surface area contributed by atoms with Gasteiger partial charge in [0.1, 0.15) is 11.0 Å². The van der Waals surface area contributed by atoms with E-state index in [9.17, 15) is 19.8 Å². The topological polar surface area (TPSA) is 83.8 Å². The minimum atomic E-state index is -1.18. The minimum Gasteiger partial charge on any atom is -0.481 e. The van der Waals surface area contributed by atoms with Gasteiger partial charge in [-0.1, -0.05) is 18.2 Å². The molecule has 3 saturated carbocycles. The van der Waals surface area contributed by atoms with E-state index >= 15 is 0 Å². The second-order valence-corrected chi connectivity index (χ2v) is 8.72. The molecule has 128 valence electrons. The van der Waals surface area contributed by atoms with Crippen molar-refractivity contribution in [2.75, 3.05) is 0 Å². The molecule has 5 aliphatic rings. The Kier molecular flexibility index (Phi) is 2.42. The highest BCUT2D eigenvalue weighted by atomic mass is 16.6. The number of hydrogen-bond donors (Lipinski definition) is 2. The number of aliphatic carboxylic acids is 1. The van der Waals surface area contributed by atoms with Crippen LogP contribution in [-0.4, -0.2) is 33.9 Å². The first-order valence-electron chi connectivity index (χ1n) is 8.79. The second kappa shape index (κ2) is 3.96. The molecule has 4 fully saturated rings. The zero-order valence-corrected chi connectivity index (χ0v) is 13.7. The molecule has 0 aromatic heterocycles. The van der Waals surface area contributed by atoms with Crippen molar-refractivity contribution in [3.8, 4) is 0 Å². The predicted molar refractivity (Wildman–Crippen MR) is 83.7 cm³/mol. The molecule has 4 aliphatic carbocycles. The number of esters is 1. The molecule has 1 spiro atoms. The van der Waals surface area contributed by atoms with Gasteiger partial charge in [-0.05, 0) is 50.0 Å². The standard InChI is InChI=1S/C19H22O5/c1-9-7-18-8-10(9)3-4-11(18)19-6-5-12(20)17(2,16(23)24-19)14(19)13(18)15(21)22/h5-6,10-14,20H,1,3-4,7-8H2,2H3,(H,21,22)/t10-,11-,12-,13-,14-,17?,18+,19-/m0/s1. The van der Waals surface area contributed by atoms with Crippen LogP contribution in [0.1, 0.15) is 32.6 Å². The SMILES string of the molecule is C=C1C[C@@]23C[C@@H]1CC[C@@H]2[C@]12C=C[C@H](O)C(C)(C(=O)O1)[C@@H]2[C@H]3C(=O)O. The number of aliphatic hydroxyl groups is 1. The lowest BCUT2D eigenvalue weighted by Gasteiger charge is -2.42. The molecule has 2 N–H and O–H groups in total. The summed E-state index contributed by atoms with van der Waals surface area (Å²) in [5.74, 6) is -2.12. The van der Waals surface area contributed by atoms with Gasteiger partial charge in [-0.25, -0.2) is 0 Å². The lowest BCUT2D eigenvalue weighted by atomic mass is 9.61. The van der Waals surface area contributed by atoms with E-state index in [1.807, 2.05) is 6.08 Å². The summed E-state index contributed by atoms with van der Waals surface area (Å²) in [6.45, 7) is 5.88. The third-order valence-corrected chi connectivity index (χ3v) is 8.02. The zero-order valence-electron chi connectivity index (χ0n) is 13.7. The van der Waals surface area contributed by atoms with Crippen molar-refractivity contribution in [3.63, 3.8) is 0 Å². The lowest BCUT2D eigenvalue weighted by molar-refractivity contribution is -0.161. The Balaban J connectivity index is 1.78. The molecule has 1 unspecified atom stereocenters. The fourth-order valence-electron chi connectivity index (χ4n) is 7.14. The Morgan fingerprint density at radius 2 is 2.17 bits per heavy atom. The Morgan fingerprint density at radius 3 is 2.88 bits per heavy atom. The number of carbonyl (C=O) groups is 2. The lowest BCUT2D eigenvalue weighted by Crippen LogP contribution is -2.50. The van der Waals surface area contributed by atoms with Crippen molar-refractivity contribution in [2.24, 2.45) is 34.5 Å². The van der Waals surface area contributed by atoms with Crippen LogP contribution in [0.2, 0.25) is 0 Å². The molecule has 24 heavy (non-hydrogen) atoms. The molecule has 0 aromatic carbocycles. The molecule has 5 rings (SSSR count). The number of carbonyl (C=O) groups excluding carboxylic acids is 1. The van der Waals surface area contributed by atoms with Gasteiger partial charge in [-0.2, -0.15) is 0 Å². The number of rotatable bonds is 1. The average Bonchev–Trinajstić information content (AvgIpc) is 2.98. The van der Waals surface area contributed by atoms with Crippen LogP contribution >= 0.6 is 0 Å². The molecular formula is C19H22O5. The maximum atomic E-state index is 12.7. The predicted octanol–water partition coefficient (Wildman–Crippen LogP) is 1.91. The number of ether oxygens (including phenoxy) is 1. The number of aliphatic hydroxyl groups excluding tert-OH is 1. The van der Waals surface area contributed by atoms with Crippen molar-refractivity contribution in [3.05, 3.63) is 24.3 Å². The van der Waals surface area contributed by atoms with Crippen molar-refractivity contribution in [1.29, 1.82) is 0 Å². The van der Waals surface area contributed by atoms with Gasteiger partial charge in [0.2, 0.25) is 0 Å². The van der Waals surface area contributed by atoms with Crippen molar-refractivity contribution in [1.82, 2.24) is 0 Å². The summed E-state index contributed by atoms with van der Waals surface area (Å²) in [4.78, 5) is 25.0. The first kappa shape index (κ1) is 14.7. The molecule has 5 nitrogen and oxygen atoms in total. The highest BCUT2D eigenvalue weighted by Crippen LogP contribution is 2.76. The van der Waals surface area contributed by atoms with Crippen LogP contribution in [0.3, 0.4) is 0 Å². The molecule has 5 heteroatoms. The fourth-order valence-corrected chi connectivity index (χ4v) is 7.14. The van der Waals surface area contributed by atoms with Crippen molar-refractivity contribution < 1.29 is 24.5 Å². The fraction of sp³-hybridized carbons (Fsp3) is 0.684. The molecular weight excluding hydrogens is 308 g/mol. The van der Waals surface area contributed by atoms with Gasteiger partial charge >= 0.3 is 11.9 Å². The maximum Gasteiger partial charge on any atom is 0.316 e.